The van der Waals surface area contributed by atoms with Gasteiger partial charge in [-0.1, -0.05) is 11.6 Å². The maximum Gasteiger partial charge on any atom is 0.292 e. The molecule has 3 heterocycles. The van der Waals surface area contributed by atoms with Gasteiger partial charge in [-0.05, 0) is 49.1 Å². The highest BCUT2D eigenvalue weighted by Crippen LogP contribution is 2.22. The fraction of sp³-hybridized carbons (Fsp3) is 0.286. The Morgan fingerprint density at radius 2 is 2.07 bits per heavy atom. The Labute approximate surface area is 177 Å². The quantitative estimate of drug-likeness (QED) is 0.635. The van der Waals surface area contributed by atoms with Gasteiger partial charge in [0.05, 0.1) is 30.4 Å². The smallest absolute Gasteiger partial charge is 0.292 e. The van der Waals surface area contributed by atoms with Gasteiger partial charge in [0.2, 0.25) is 5.88 Å². The van der Waals surface area contributed by atoms with Crippen molar-refractivity contribution >= 4 is 17.3 Å². The summed E-state index contributed by atoms with van der Waals surface area (Å²) in [4.78, 5) is 16.5. The molecule has 0 radical (unpaired) electrons. The van der Waals surface area contributed by atoms with Gasteiger partial charge < -0.3 is 14.8 Å². The number of hydrogen-bond donors (Lipinski definition) is 1. The van der Waals surface area contributed by atoms with E-state index < -0.39 is 11.4 Å². The van der Waals surface area contributed by atoms with Gasteiger partial charge in [-0.15, -0.1) is 0 Å². The third kappa shape index (κ3) is 4.77. The molecule has 7 nitrogen and oxygen atoms in total. The van der Waals surface area contributed by atoms with Crippen LogP contribution in [-0.4, -0.2) is 34.5 Å². The molecule has 1 aliphatic heterocycles. The van der Waals surface area contributed by atoms with Gasteiger partial charge in [-0.2, -0.15) is 9.78 Å². The molecular formula is C21H20ClFN4O3. The van der Waals surface area contributed by atoms with Crippen molar-refractivity contribution in [2.24, 2.45) is 5.92 Å². The lowest BCUT2D eigenvalue weighted by molar-refractivity contribution is 0.0595. The van der Waals surface area contributed by atoms with E-state index in [9.17, 15) is 9.18 Å². The van der Waals surface area contributed by atoms with E-state index in [2.05, 4.69) is 15.4 Å². The molecule has 9 heteroatoms. The highest BCUT2D eigenvalue weighted by Gasteiger charge is 2.16. The zero-order chi connectivity index (χ0) is 20.9. The summed E-state index contributed by atoms with van der Waals surface area (Å²) in [5.74, 6) is 0.705. The minimum absolute atomic E-state index is 0.0811. The Morgan fingerprint density at radius 1 is 1.23 bits per heavy atom. The minimum Gasteiger partial charge on any atom is -0.439 e. The van der Waals surface area contributed by atoms with Crippen molar-refractivity contribution in [2.75, 3.05) is 25.1 Å². The van der Waals surface area contributed by atoms with E-state index in [4.69, 9.17) is 21.1 Å². The van der Waals surface area contributed by atoms with Crippen LogP contribution >= 0.6 is 11.6 Å². The Balaban J connectivity index is 1.46. The first kappa shape index (κ1) is 20.3. The van der Waals surface area contributed by atoms with Crippen LogP contribution in [0.4, 0.5) is 10.1 Å². The number of nitrogens with zero attached hydrogens (tertiary/aromatic N) is 3. The first-order chi connectivity index (χ1) is 14.6. The molecule has 30 heavy (non-hydrogen) atoms. The summed E-state index contributed by atoms with van der Waals surface area (Å²) in [6.07, 6.45) is 4.74. The Kier molecular flexibility index (Phi) is 6.25. The SMILES string of the molecule is O=c1c(Cl)c(NC[C@@H]2CCCOC2)cnn1-c1ccc(Oc2ccc(F)cn2)cc1. The minimum atomic E-state index is -0.440. The largest absolute Gasteiger partial charge is 0.439 e. The number of halogens is 2. The summed E-state index contributed by atoms with van der Waals surface area (Å²) in [6.45, 7) is 2.18. The first-order valence-corrected chi connectivity index (χ1v) is 9.97. The number of ether oxygens (including phenoxy) is 2. The second-order valence-electron chi connectivity index (χ2n) is 6.96. The summed E-state index contributed by atoms with van der Waals surface area (Å²) in [7, 11) is 0. The molecule has 1 aromatic carbocycles. The number of hydrogen-bond acceptors (Lipinski definition) is 6. The number of benzene rings is 1. The average molecular weight is 431 g/mol. The van der Waals surface area contributed by atoms with E-state index >= 15 is 0 Å². The Morgan fingerprint density at radius 3 is 2.77 bits per heavy atom. The van der Waals surface area contributed by atoms with Crippen LogP contribution in [0.5, 0.6) is 11.6 Å². The monoisotopic (exact) mass is 430 g/mol. The van der Waals surface area contributed by atoms with Crippen LogP contribution in [0.3, 0.4) is 0 Å². The normalized spacial score (nSPS) is 16.3. The van der Waals surface area contributed by atoms with Crippen LogP contribution in [-0.2, 0) is 4.74 Å². The van der Waals surface area contributed by atoms with Crippen molar-refractivity contribution in [1.29, 1.82) is 0 Å². The lowest BCUT2D eigenvalue weighted by Crippen LogP contribution is -2.26. The topological polar surface area (TPSA) is 78.3 Å². The number of rotatable bonds is 6. The van der Waals surface area contributed by atoms with E-state index in [1.54, 1.807) is 30.5 Å². The molecule has 1 fully saturated rings. The average Bonchev–Trinajstić information content (AvgIpc) is 2.78. The van der Waals surface area contributed by atoms with Crippen LogP contribution in [0, 0.1) is 11.7 Å². The number of nitrogens with one attached hydrogen (secondary N) is 1. The van der Waals surface area contributed by atoms with Crippen molar-refractivity contribution in [3.05, 3.63) is 70.0 Å². The Hall–Kier alpha value is -2.97. The van der Waals surface area contributed by atoms with Crippen molar-refractivity contribution in [1.82, 2.24) is 14.8 Å². The van der Waals surface area contributed by atoms with Crippen molar-refractivity contribution < 1.29 is 13.9 Å². The third-order valence-corrected chi connectivity index (χ3v) is 5.12. The first-order valence-electron chi connectivity index (χ1n) is 9.59. The van der Waals surface area contributed by atoms with Gasteiger partial charge in [0.1, 0.15) is 16.6 Å². The molecule has 3 aromatic rings. The summed E-state index contributed by atoms with van der Waals surface area (Å²) in [6, 6.07) is 9.38. The Bertz CT molecular complexity index is 1050. The van der Waals surface area contributed by atoms with Gasteiger partial charge in [0.15, 0.2) is 0 Å². The van der Waals surface area contributed by atoms with Gasteiger partial charge >= 0.3 is 0 Å². The van der Waals surface area contributed by atoms with Crippen molar-refractivity contribution in [3.8, 4) is 17.3 Å². The lowest BCUT2D eigenvalue weighted by Gasteiger charge is -2.22. The molecule has 0 aliphatic carbocycles. The number of anilines is 1. The fourth-order valence-electron chi connectivity index (χ4n) is 3.16. The van der Waals surface area contributed by atoms with E-state index in [1.165, 1.54) is 16.8 Å². The molecular weight excluding hydrogens is 411 g/mol. The van der Waals surface area contributed by atoms with Crippen LogP contribution in [0.2, 0.25) is 5.02 Å². The van der Waals surface area contributed by atoms with Gasteiger partial charge in [0.25, 0.3) is 5.56 Å². The van der Waals surface area contributed by atoms with Crippen LogP contribution < -0.4 is 15.6 Å². The van der Waals surface area contributed by atoms with Crippen molar-refractivity contribution in [3.63, 3.8) is 0 Å². The molecule has 0 saturated carbocycles. The molecule has 0 bridgehead atoms. The van der Waals surface area contributed by atoms with Gasteiger partial charge in [-0.25, -0.2) is 9.37 Å². The fourth-order valence-corrected chi connectivity index (χ4v) is 3.36. The molecule has 1 atom stereocenters. The molecule has 4 rings (SSSR count). The van der Waals surface area contributed by atoms with E-state index in [1.807, 2.05) is 0 Å². The second kappa shape index (κ2) is 9.23. The maximum absolute atomic E-state index is 12.9. The maximum atomic E-state index is 12.9. The zero-order valence-corrected chi connectivity index (χ0v) is 16.8. The predicted molar refractivity (Wildman–Crippen MR) is 111 cm³/mol. The highest BCUT2D eigenvalue weighted by atomic mass is 35.5. The van der Waals surface area contributed by atoms with Crippen LogP contribution in [0.15, 0.2) is 53.6 Å². The van der Waals surface area contributed by atoms with Crippen LogP contribution in [0.25, 0.3) is 5.69 Å². The van der Waals surface area contributed by atoms with Gasteiger partial charge in [-0.3, -0.25) is 4.79 Å². The molecule has 1 aliphatic rings. The summed E-state index contributed by atoms with van der Waals surface area (Å²) >= 11 is 6.29. The van der Waals surface area contributed by atoms with E-state index in [0.717, 1.165) is 25.6 Å². The number of pyridine rings is 1. The van der Waals surface area contributed by atoms with Crippen molar-refractivity contribution in [2.45, 2.75) is 12.8 Å². The van der Waals surface area contributed by atoms with E-state index in [0.29, 0.717) is 36.2 Å². The van der Waals surface area contributed by atoms with E-state index in [-0.39, 0.29) is 10.9 Å². The summed E-state index contributed by atoms with van der Waals surface area (Å²) in [5, 5.41) is 7.51. The highest BCUT2D eigenvalue weighted by molar-refractivity contribution is 6.32. The second-order valence-corrected chi connectivity index (χ2v) is 7.34. The van der Waals surface area contributed by atoms with Gasteiger partial charge in [0, 0.05) is 19.2 Å². The summed E-state index contributed by atoms with van der Waals surface area (Å²) < 4.78 is 25.2. The molecule has 156 valence electrons. The number of aromatic nitrogens is 3. The summed E-state index contributed by atoms with van der Waals surface area (Å²) in [5.41, 5.74) is 0.620. The predicted octanol–water partition coefficient (Wildman–Crippen LogP) is 4.05. The zero-order valence-electron chi connectivity index (χ0n) is 16.1. The molecule has 1 saturated heterocycles. The third-order valence-electron chi connectivity index (χ3n) is 4.76. The molecule has 2 aromatic heterocycles. The molecule has 0 unspecified atom stereocenters. The standard InChI is InChI=1S/C21H20ClFN4O3/c22-20-18(24-10-14-2-1-9-29-13-14)12-26-27(21(20)28)16-4-6-17(7-5-16)30-19-8-3-15(23)11-25-19/h3-8,11-12,14,24H,1-2,9-10,13H2/t14-/m0/s1. The lowest BCUT2D eigenvalue weighted by atomic mass is 10.0. The molecule has 0 amide bonds. The molecule has 1 N–H and O–H groups in total. The van der Waals surface area contributed by atoms with Crippen LogP contribution in [0.1, 0.15) is 12.8 Å². The molecule has 0 spiro atoms.